The van der Waals surface area contributed by atoms with Crippen LogP contribution in [-0.2, 0) is 19.2 Å². The number of piperazine rings is 1. The smallest absolute Gasteiger partial charge is 0.246 e. The minimum atomic E-state index is -0.859. The maximum Gasteiger partial charge on any atom is 0.246 e. The number of para-hydroxylation sites is 1. The van der Waals surface area contributed by atoms with Crippen LogP contribution in [0.25, 0.3) is 21.7 Å². The largest absolute Gasteiger partial charge is 0.507 e. The molecular weight excluding hydrogens is 1040 g/mol. The number of ether oxygens (including phenoxy) is 2. The molecule has 3 fully saturated rings. The SMILES string of the molecule is Cc1ncsc1-c1ccc(C(C)NC(=O)[C@@H]2C[C@@H](O)CN2C(=O)C(NC(=O)CCCCCCCCCCC(=O)N2CCN(CCOc3cccc(N4CCCC(Oc5cc(-c6ccccc6O)nnc5N)C4)c3)CC2)C(C)(C)C)cc1. The van der Waals surface area contributed by atoms with Gasteiger partial charge in [0.05, 0.1) is 34.8 Å². The Labute approximate surface area is 481 Å². The first-order valence-corrected chi connectivity index (χ1v) is 30.0. The van der Waals surface area contributed by atoms with Crippen LogP contribution in [-0.4, -0.2) is 147 Å². The standard InChI is InChI=1S/C62H84N10O8S/c1-42(44-25-27-45(28-26-44)57-43(2)64-41-81-57)65-60(77)52-37-47(73)39-72(52)61(78)58(62(3,4)5)66-55(75)23-12-10-8-6-7-9-11-13-24-56(76)70-32-30-69(31-33-70)34-35-79-48-19-16-18-46(36-48)71-29-17-20-49(40-71)80-54-38-51(67-68-59(54)63)50-21-14-15-22-53(50)74/h14-16,18-19,21-22,25-28,36,38,41-42,47,49,52,58,73-74H,6-13,17,20,23-24,29-35,37,39-40H2,1-5H3,(H2,63,68)(H,65,77)(H,66,75)/t42?,47-,49?,52+,58?/m1/s1. The molecular formula is C62H84N10O8S. The molecule has 18 nitrogen and oxygen atoms in total. The van der Waals surface area contributed by atoms with Crippen molar-refractivity contribution in [1.29, 1.82) is 0 Å². The quantitative estimate of drug-likeness (QED) is 0.0345. The van der Waals surface area contributed by atoms with Crippen LogP contribution >= 0.6 is 11.3 Å². The van der Waals surface area contributed by atoms with Gasteiger partial charge in [0.15, 0.2) is 11.6 Å². The van der Waals surface area contributed by atoms with Crippen LogP contribution in [0.15, 0.2) is 84.4 Å². The van der Waals surface area contributed by atoms with Crippen molar-refractivity contribution in [2.75, 3.05) is 69.6 Å². The molecule has 5 atom stereocenters. The highest BCUT2D eigenvalue weighted by atomic mass is 32.1. The molecule has 0 radical (unpaired) electrons. The number of nitrogens with two attached hydrogens (primary N) is 1. The van der Waals surface area contributed by atoms with Crippen LogP contribution in [0.3, 0.4) is 0 Å². The van der Waals surface area contributed by atoms with Crippen molar-refractivity contribution in [2.24, 2.45) is 5.41 Å². The topological polar surface area (TPSA) is 229 Å². The fourth-order valence-electron chi connectivity index (χ4n) is 11.1. The number of rotatable bonds is 25. The summed E-state index contributed by atoms with van der Waals surface area (Å²) in [5, 5.41) is 35.4. The molecule has 3 aromatic carbocycles. The molecule has 8 rings (SSSR count). The Bertz CT molecular complexity index is 2870. The number of aromatic nitrogens is 3. The van der Waals surface area contributed by atoms with Crippen molar-refractivity contribution in [3.8, 4) is 38.9 Å². The van der Waals surface area contributed by atoms with Crippen LogP contribution in [0.5, 0.6) is 17.2 Å². The fraction of sp³-hybridized carbons (Fsp3) is 0.532. The number of hydrogen-bond donors (Lipinski definition) is 5. The number of β-amino-alcohol motifs (C(OH)–C–C–N with tert-alkyl or cyclic N) is 1. The number of carbonyl (C=O) groups excluding carboxylic acids is 4. The van der Waals surface area contributed by atoms with E-state index in [0.717, 1.165) is 130 Å². The molecule has 3 saturated heterocycles. The molecule has 0 aliphatic carbocycles. The van der Waals surface area contributed by atoms with Gasteiger partial charge >= 0.3 is 0 Å². The number of benzene rings is 3. The molecule has 0 saturated carbocycles. The molecule has 0 spiro atoms. The molecule has 4 amide bonds. The summed E-state index contributed by atoms with van der Waals surface area (Å²) in [4.78, 5) is 67.7. The minimum Gasteiger partial charge on any atom is -0.507 e. The van der Waals surface area contributed by atoms with Gasteiger partial charge in [-0.05, 0) is 80.3 Å². The van der Waals surface area contributed by atoms with Gasteiger partial charge in [-0.1, -0.05) is 102 Å². The number of unbranched alkanes of at least 4 members (excludes halogenated alkanes) is 7. The second-order valence-electron chi connectivity index (χ2n) is 23.1. The Hall–Kier alpha value is -6.83. The monoisotopic (exact) mass is 1130 g/mol. The predicted octanol–water partition coefficient (Wildman–Crippen LogP) is 8.71. The van der Waals surface area contributed by atoms with E-state index in [9.17, 15) is 29.4 Å². The number of nitrogen functional groups attached to an aromatic ring is 1. The van der Waals surface area contributed by atoms with Crippen LogP contribution in [0.1, 0.15) is 128 Å². The summed E-state index contributed by atoms with van der Waals surface area (Å²) >= 11 is 1.58. The van der Waals surface area contributed by atoms with Crippen LogP contribution in [0, 0.1) is 12.3 Å². The van der Waals surface area contributed by atoms with Gasteiger partial charge in [0, 0.05) is 88.5 Å². The Kier molecular flexibility index (Phi) is 21.4. The van der Waals surface area contributed by atoms with E-state index in [-0.39, 0.29) is 60.3 Å². The molecule has 19 heteroatoms. The Morgan fingerprint density at radius 3 is 2.26 bits per heavy atom. The van der Waals surface area contributed by atoms with E-state index < -0.39 is 23.6 Å². The van der Waals surface area contributed by atoms with Gasteiger partial charge in [0.25, 0.3) is 0 Å². The van der Waals surface area contributed by atoms with E-state index in [1.54, 1.807) is 35.6 Å². The van der Waals surface area contributed by atoms with Crippen molar-refractivity contribution < 1.29 is 38.9 Å². The van der Waals surface area contributed by atoms with E-state index >= 15 is 0 Å². The van der Waals surface area contributed by atoms with Crippen molar-refractivity contribution in [1.82, 2.24) is 40.5 Å². The molecule has 3 aliphatic rings. The molecule has 81 heavy (non-hydrogen) atoms. The molecule has 6 N–H and O–H groups in total. The molecule has 2 aromatic heterocycles. The van der Waals surface area contributed by atoms with Crippen molar-refractivity contribution >= 4 is 46.5 Å². The number of carbonyl (C=O) groups is 4. The Balaban J connectivity index is 0.658. The first-order chi connectivity index (χ1) is 39.0. The normalized spacial score (nSPS) is 18.5. The zero-order valence-electron chi connectivity index (χ0n) is 48.0. The fourth-order valence-corrected chi connectivity index (χ4v) is 11.9. The highest BCUT2D eigenvalue weighted by molar-refractivity contribution is 7.13. The van der Waals surface area contributed by atoms with Gasteiger partial charge in [-0.3, -0.25) is 24.1 Å². The first kappa shape index (κ1) is 60.3. The van der Waals surface area contributed by atoms with E-state index in [1.165, 1.54) is 4.90 Å². The number of nitrogens with one attached hydrogen (secondary N) is 2. The van der Waals surface area contributed by atoms with Gasteiger partial charge in [0.2, 0.25) is 23.6 Å². The third-order valence-electron chi connectivity index (χ3n) is 15.8. The van der Waals surface area contributed by atoms with Crippen molar-refractivity contribution in [3.05, 3.63) is 95.6 Å². The zero-order valence-corrected chi connectivity index (χ0v) is 48.8. The number of aryl methyl sites for hydroxylation is 1. The second-order valence-corrected chi connectivity index (χ2v) is 24.0. The van der Waals surface area contributed by atoms with Gasteiger partial charge in [-0.2, -0.15) is 0 Å². The van der Waals surface area contributed by atoms with Crippen molar-refractivity contribution in [2.45, 2.75) is 148 Å². The van der Waals surface area contributed by atoms with Gasteiger partial charge in [-0.15, -0.1) is 21.5 Å². The highest BCUT2D eigenvalue weighted by Gasteiger charge is 2.45. The summed E-state index contributed by atoms with van der Waals surface area (Å²) < 4.78 is 12.6. The number of hydrogen-bond acceptors (Lipinski definition) is 15. The molecule has 0 bridgehead atoms. The number of phenols is 1. The number of piperidine rings is 1. The molecule has 436 valence electrons. The third kappa shape index (κ3) is 16.9. The zero-order chi connectivity index (χ0) is 57.5. The lowest BCUT2D eigenvalue weighted by molar-refractivity contribution is -0.144. The minimum absolute atomic E-state index is 0.0260. The summed E-state index contributed by atoms with van der Waals surface area (Å²) in [5.74, 6) is 0.921. The van der Waals surface area contributed by atoms with Crippen LogP contribution < -0.4 is 30.7 Å². The number of anilines is 2. The number of aliphatic hydroxyl groups excluding tert-OH is 1. The van der Waals surface area contributed by atoms with Crippen LogP contribution in [0.2, 0.25) is 0 Å². The van der Waals surface area contributed by atoms with E-state index in [0.29, 0.717) is 49.4 Å². The van der Waals surface area contributed by atoms with Gasteiger partial charge in [-0.25, -0.2) is 4.98 Å². The van der Waals surface area contributed by atoms with Crippen LogP contribution in [0.4, 0.5) is 11.5 Å². The number of phenolic OH excluding ortho intramolecular Hbond substituents is 1. The average Bonchev–Trinajstić information content (AvgIpc) is 4.14. The maximum atomic E-state index is 14.1. The lowest BCUT2D eigenvalue weighted by Gasteiger charge is -2.35. The van der Waals surface area contributed by atoms with Gasteiger partial charge in [0.1, 0.15) is 42.0 Å². The lowest BCUT2D eigenvalue weighted by atomic mass is 9.85. The second kappa shape index (κ2) is 28.7. The number of nitrogens with zero attached hydrogens (tertiary/aromatic N) is 7. The first-order valence-electron chi connectivity index (χ1n) is 29.2. The lowest BCUT2D eigenvalue weighted by Crippen LogP contribution is -2.57. The number of aromatic hydroxyl groups is 1. The summed E-state index contributed by atoms with van der Waals surface area (Å²) in [6, 6.07) is 22.9. The maximum absolute atomic E-state index is 14.1. The summed E-state index contributed by atoms with van der Waals surface area (Å²) in [5.41, 5.74) is 12.5. The molecule has 5 aromatic rings. The average molecular weight is 1130 g/mol. The molecule has 3 unspecified atom stereocenters. The highest BCUT2D eigenvalue weighted by Crippen LogP contribution is 2.34. The third-order valence-corrected chi connectivity index (χ3v) is 16.8. The van der Waals surface area contributed by atoms with E-state index in [2.05, 4.69) is 47.7 Å². The Morgan fingerprint density at radius 1 is 0.840 bits per heavy atom. The number of thiazole rings is 1. The molecule has 3 aliphatic heterocycles. The number of aliphatic hydroxyl groups is 1. The summed E-state index contributed by atoms with van der Waals surface area (Å²) in [6.45, 7) is 15.6. The Morgan fingerprint density at radius 2 is 1.56 bits per heavy atom. The van der Waals surface area contributed by atoms with E-state index in [4.69, 9.17) is 15.2 Å². The molecule has 5 heterocycles. The van der Waals surface area contributed by atoms with Crippen molar-refractivity contribution in [3.63, 3.8) is 0 Å². The van der Waals surface area contributed by atoms with E-state index in [1.807, 2.05) is 87.5 Å². The summed E-state index contributed by atoms with van der Waals surface area (Å²) in [6.07, 6.45) is 9.61. The van der Waals surface area contributed by atoms with Gasteiger partial charge < -0.3 is 50.8 Å². The number of likely N-dealkylation sites (tertiary alicyclic amines) is 1. The predicted molar refractivity (Wildman–Crippen MR) is 317 cm³/mol. The summed E-state index contributed by atoms with van der Waals surface area (Å²) in [7, 11) is 0. The number of amides is 4.